The van der Waals surface area contributed by atoms with Crippen molar-refractivity contribution in [2.24, 2.45) is 5.92 Å². The molecule has 0 saturated heterocycles. The highest BCUT2D eigenvalue weighted by molar-refractivity contribution is 4.62. The Labute approximate surface area is 93.8 Å². The van der Waals surface area contributed by atoms with Crippen molar-refractivity contribution in [3.8, 4) is 0 Å². The number of ether oxygens (including phenoxy) is 2. The van der Waals surface area contributed by atoms with Crippen LogP contribution >= 0.6 is 0 Å². The summed E-state index contributed by atoms with van der Waals surface area (Å²) < 4.78 is 9.93. The maximum Gasteiger partial charge on any atom is 0.0773 e. The Kier molecular flexibility index (Phi) is 10.3. The molecule has 0 aliphatic carbocycles. The van der Waals surface area contributed by atoms with E-state index in [2.05, 4.69) is 6.92 Å². The van der Waals surface area contributed by atoms with Gasteiger partial charge in [-0.2, -0.15) is 0 Å². The second-order valence-corrected chi connectivity index (χ2v) is 4.10. The summed E-state index contributed by atoms with van der Waals surface area (Å²) in [4.78, 5) is 0. The van der Waals surface area contributed by atoms with E-state index in [0.29, 0.717) is 12.5 Å². The summed E-state index contributed by atoms with van der Waals surface area (Å²) in [6, 6.07) is 0. The predicted octanol–water partition coefficient (Wildman–Crippen LogP) is 2.23. The lowest BCUT2D eigenvalue weighted by molar-refractivity contribution is 0.0542. The van der Waals surface area contributed by atoms with Crippen LogP contribution in [0.4, 0.5) is 0 Å². The summed E-state index contributed by atoms with van der Waals surface area (Å²) in [5, 5.41) is 9.52. The van der Waals surface area contributed by atoms with Crippen molar-refractivity contribution in [3.63, 3.8) is 0 Å². The van der Waals surface area contributed by atoms with Gasteiger partial charge in [0.25, 0.3) is 0 Å². The van der Waals surface area contributed by atoms with Crippen LogP contribution in [0.1, 0.15) is 39.0 Å². The molecule has 15 heavy (non-hydrogen) atoms. The molecule has 0 amide bonds. The fourth-order valence-corrected chi connectivity index (χ4v) is 1.77. The van der Waals surface area contributed by atoms with Crippen molar-refractivity contribution in [1.82, 2.24) is 0 Å². The molecule has 92 valence electrons. The van der Waals surface area contributed by atoms with Crippen molar-refractivity contribution in [1.29, 1.82) is 0 Å². The van der Waals surface area contributed by atoms with Crippen molar-refractivity contribution < 1.29 is 14.6 Å². The number of aliphatic hydroxyl groups is 1. The average Bonchev–Trinajstić information content (AvgIpc) is 2.23. The zero-order chi connectivity index (χ0) is 11.5. The quantitative estimate of drug-likeness (QED) is 0.571. The number of aliphatic hydroxyl groups excluding tert-OH is 1. The molecular formula is C12H26O3. The van der Waals surface area contributed by atoms with E-state index in [9.17, 15) is 5.11 Å². The van der Waals surface area contributed by atoms with E-state index >= 15 is 0 Å². The highest BCUT2D eigenvalue weighted by Crippen LogP contribution is 2.18. The molecule has 2 unspecified atom stereocenters. The lowest BCUT2D eigenvalue weighted by atomic mass is 9.94. The van der Waals surface area contributed by atoms with Crippen LogP contribution < -0.4 is 0 Å². The molecule has 3 nitrogen and oxygen atoms in total. The van der Waals surface area contributed by atoms with Gasteiger partial charge < -0.3 is 14.6 Å². The van der Waals surface area contributed by atoms with E-state index in [0.717, 1.165) is 25.9 Å². The Balaban J connectivity index is 3.51. The molecule has 0 aliphatic heterocycles. The SMILES string of the molecule is CCC(CCCOC)CCC(O)COC. The van der Waals surface area contributed by atoms with Crippen LogP contribution in [0.5, 0.6) is 0 Å². The van der Waals surface area contributed by atoms with Gasteiger partial charge >= 0.3 is 0 Å². The van der Waals surface area contributed by atoms with Gasteiger partial charge in [0.1, 0.15) is 0 Å². The number of methoxy groups -OCH3 is 2. The molecule has 0 aromatic rings. The fraction of sp³-hybridized carbons (Fsp3) is 1.00. The van der Waals surface area contributed by atoms with Gasteiger partial charge in [0, 0.05) is 20.8 Å². The van der Waals surface area contributed by atoms with E-state index in [1.54, 1.807) is 14.2 Å². The van der Waals surface area contributed by atoms with E-state index in [1.807, 2.05) is 0 Å². The van der Waals surface area contributed by atoms with Gasteiger partial charge in [0.05, 0.1) is 12.7 Å². The Bertz CT molecular complexity index is 128. The summed E-state index contributed by atoms with van der Waals surface area (Å²) >= 11 is 0. The van der Waals surface area contributed by atoms with Gasteiger partial charge in [-0.15, -0.1) is 0 Å². The first-order chi connectivity index (χ1) is 7.24. The molecule has 0 fully saturated rings. The van der Waals surface area contributed by atoms with Crippen molar-refractivity contribution in [3.05, 3.63) is 0 Å². The molecule has 0 bridgehead atoms. The molecule has 1 N–H and O–H groups in total. The zero-order valence-electron chi connectivity index (χ0n) is 10.4. The second kappa shape index (κ2) is 10.4. The first-order valence-corrected chi connectivity index (χ1v) is 5.90. The van der Waals surface area contributed by atoms with E-state index in [4.69, 9.17) is 9.47 Å². The normalized spacial score (nSPS) is 15.2. The van der Waals surface area contributed by atoms with E-state index in [-0.39, 0.29) is 6.10 Å². The average molecular weight is 218 g/mol. The number of rotatable bonds is 10. The van der Waals surface area contributed by atoms with Crippen LogP contribution in [0.2, 0.25) is 0 Å². The summed E-state index contributed by atoms with van der Waals surface area (Å²) in [5.74, 6) is 0.714. The molecule has 0 heterocycles. The van der Waals surface area contributed by atoms with Crippen molar-refractivity contribution >= 4 is 0 Å². The molecule has 0 aliphatic rings. The van der Waals surface area contributed by atoms with E-state index < -0.39 is 0 Å². The van der Waals surface area contributed by atoms with Crippen molar-refractivity contribution in [2.75, 3.05) is 27.4 Å². The zero-order valence-corrected chi connectivity index (χ0v) is 10.4. The van der Waals surface area contributed by atoms with Gasteiger partial charge in [-0.3, -0.25) is 0 Å². The van der Waals surface area contributed by atoms with Gasteiger partial charge in [0.15, 0.2) is 0 Å². The second-order valence-electron chi connectivity index (χ2n) is 4.10. The molecule has 0 aromatic carbocycles. The molecule has 0 radical (unpaired) electrons. The minimum absolute atomic E-state index is 0.300. The minimum Gasteiger partial charge on any atom is -0.391 e. The van der Waals surface area contributed by atoms with Crippen LogP contribution in [0.25, 0.3) is 0 Å². The molecule has 0 spiro atoms. The van der Waals surface area contributed by atoms with Crippen molar-refractivity contribution in [2.45, 2.75) is 45.1 Å². The first kappa shape index (κ1) is 14.9. The largest absolute Gasteiger partial charge is 0.391 e. The van der Waals surface area contributed by atoms with Gasteiger partial charge in [-0.1, -0.05) is 13.3 Å². The predicted molar refractivity (Wildman–Crippen MR) is 62.0 cm³/mol. The van der Waals surface area contributed by atoms with Crippen LogP contribution in [0.3, 0.4) is 0 Å². The summed E-state index contributed by atoms with van der Waals surface area (Å²) in [5.41, 5.74) is 0. The van der Waals surface area contributed by atoms with E-state index in [1.165, 1.54) is 12.8 Å². The topological polar surface area (TPSA) is 38.7 Å². The number of hydrogen-bond acceptors (Lipinski definition) is 3. The van der Waals surface area contributed by atoms with Gasteiger partial charge in [0.2, 0.25) is 0 Å². The van der Waals surface area contributed by atoms with Gasteiger partial charge in [-0.25, -0.2) is 0 Å². The highest BCUT2D eigenvalue weighted by atomic mass is 16.5. The summed E-state index contributed by atoms with van der Waals surface area (Å²) in [6.07, 6.45) is 5.14. The third-order valence-corrected chi connectivity index (χ3v) is 2.81. The molecule has 0 rings (SSSR count). The maximum absolute atomic E-state index is 9.52. The van der Waals surface area contributed by atoms with Crippen LogP contribution in [-0.4, -0.2) is 38.6 Å². The molecule has 2 atom stereocenters. The lowest BCUT2D eigenvalue weighted by Crippen LogP contribution is -2.15. The van der Waals surface area contributed by atoms with Gasteiger partial charge in [-0.05, 0) is 31.6 Å². The Morgan fingerprint density at radius 1 is 1.07 bits per heavy atom. The van der Waals surface area contributed by atoms with Crippen LogP contribution in [0.15, 0.2) is 0 Å². The molecule has 0 saturated carbocycles. The first-order valence-electron chi connectivity index (χ1n) is 5.90. The lowest BCUT2D eigenvalue weighted by Gasteiger charge is -2.16. The van der Waals surface area contributed by atoms with Crippen LogP contribution in [-0.2, 0) is 9.47 Å². The summed E-state index contributed by atoms with van der Waals surface area (Å²) in [6.45, 7) is 3.51. The summed E-state index contributed by atoms with van der Waals surface area (Å²) in [7, 11) is 3.36. The molecular weight excluding hydrogens is 192 g/mol. The monoisotopic (exact) mass is 218 g/mol. The number of hydrogen-bond donors (Lipinski definition) is 1. The Morgan fingerprint density at radius 3 is 2.33 bits per heavy atom. The Hall–Kier alpha value is -0.120. The third-order valence-electron chi connectivity index (χ3n) is 2.81. The Morgan fingerprint density at radius 2 is 1.80 bits per heavy atom. The third kappa shape index (κ3) is 8.85. The standard InChI is InChI=1S/C12H26O3/c1-4-11(6-5-9-14-2)7-8-12(13)10-15-3/h11-13H,4-10H2,1-3H3. The van der Waals surface area contributed by atoms with Crippen LogP contribution in [0, 0.1) is 5.92 Å². The minimum atomic E-state index is -0.300. The fourth-order valence-electron chi connectivity index (χ4n) is 1.77. The smallest absolute Gasteiger partial charge is 0.0773 e. The molecule has 0 aromatic heterocycles. The highest BCUT2D eigenvalue weighted by Gasteiger charge is 2.10. The molecule has 3 heteroatoms. The maximum atomic E-state index is 9.52.